The number of allylic oxidation sites excluding steroid dienone is 5. The fraction of sp³-hybridized carbons (Fsp3) is 0.854. The Morgan fingerprint density at radius 2 is 1.48 bits per heavy atom. The molecule has 5 rings (SSSR count). The van der Waals surface area contributed by atoms with Crippen LogP contribution in [0.3, 0.4) is 0 Å². The van der Waals surface area contributed by atoms with E-state index in [0.717, 1.165) is 49.4 Å². The maximum Gasteiger partial charge on any atom is 0.306 e. The van der Waals surface area contributed by atoms with Crippen molar-refractivity contribution in [1.82, 2.24) is 0 Å². The van der Waals surface area contributed by atoms with Crippen molar-refractivity contribution in [1.29, 1.82) is 0 Å². The molecule has 2 nitrogen and oxygen atoms in total. The molecule has 0 N–H and O–H groups in total. The molecule has 0 bridgehead atoms. The SMILES string of the molecule is C=C(CC[C@@H](C)[C@H]1CC[C@@]2(C)[C@@H]3CC[C@H]4[C@H](C)[C@@H](OC(=O)CCCCCCC/C=C\C/C=C\CCCCC)CC[C@@]45C[C@@]35CC[C@]12C)C(C)C. The number of esters is 1. The zero-order valence-electron chi connectivity index (χ0n) is 34.1. The van der Waals surface area contributed by atoms with Gasteiger partial charge in [-0.05, 0) is 166 Å². The van der Waals surface area contributed by atoms with Crippen molar-refractivity contribution in [2.45, 2.75) is 202 Å². The molecule has 0 heterocycles. The summed E-state index contributed by atoms with van der Waals surface area (Å²) in [6, 6.07) is 0. The molecule has 5 saturated carbocycles. The molecule has 50 heavy (non-hydrogen) atoms. The first-order valence-electron chi connectivity index (χ1n) is 22.1. The summed E-state index contributed by atoms with van der Waals surface area (Å²) < 4.78 is 6.31. The van der Waals surface area contributed by atoms with E-state index in [0.29, 0.717) is 39.9 Å². The molecule has 0 radical (unpaired) electrons. The largest absolute Gasteiger partial charge is 0.462 e. The van der Waals surface area contributed by atoms with Crippen LogP contribution in [0.2, 0.25) is 0 Å². The highest BCUT2D eigenvalue weighted by atomic mass is 16.5. The lowest BCUT2D eigenvalue weighted by atomic mass is 9.43. The number of fused-ring (bicyclic) bond motifs is 2. The highest BCUT2D eigenvalue weighted by Crippen LogP contribution is 2.88. The topological polar surface area (TPSA) is 26.3 Å². The van der Waals surface area contributed by atoms with Gasteiger partial charge in [-0.1, -0.05) is 117 Å². The van der Waals surface area contributed by atoms with E-state index >= 15 is 0 Å². The summed E-state index contributed by atoms with van der Waals surface area (Å²) in [4.78, 5) is 13.0. The normalized spacial score (nSPS) is 38.1. The first-order chi connectivity index (χ1) is 24.0. The van der Waals surface area contributed by atoms with Gasteiger partial charge in [0, 0.05) is 6.42 Å². The van der Waals surface area contributed by atoms with Crippen LogP contribution in [0.25, 0.3) is 0 Å². The number of ether oxygens (including phenoxy) is 1. The lowest BCUT2D eigenvalue weighted by Crippen LogP contribution is -2.56. The van der Waals surface area contributed by atoms with Gasteiger partial charge in [0.1, 0.15) is 6.10 Å². The molecule has 10 atom stereocenters. The van der Waals surface area contributed by atoms with E-state index in [-0.39, 0.29) is 12.1 Å². The van der Waals surface area contributed by atoms with Crippen molar-refractivity contribution in [3.05, 3.63) is 36.5 Å². The minimum absolute atomic E-state index is 0.0757. The number of hydrogen-bond donors (Lipinski definition) is 0. The Labute approximate surface area is 310 Å². The van der Waals surface area contributed by atoms with Crippen LogP contribution in [0.15, 0.2) is 36.5 Å². The van der Waals surface area contributed by atoms with E-state index in [1.165, 1.54) is 121 Å². The van der Waals surface area contributed by atoms with E-state index in [1.54, 1.807) is 0 Å². The van der Waals surface area contributed by atoms with Crippen molar-refractivity contribution in [3.63, 3.8) is 0 Å². The van der Waals surface area contributed by atoms with E-state index in [9.17, 15) is 4.79 Å². The first kappa shape index (κ1) is 39.9. The molecule has 0 aromatic heterocycles. The summed E-state index contributed by atoms with van der Waals surface area (Å²) in [6.07, 6.45) is 38.4. The van der Waals surface area contributed by atoms with E-state index in [1.807, 2.05) is 0 Å². The first-order valence-corrected chi connectivity index (χ1v) is 22.1. The Bertz CT molecular complexity index is 1180. The van der Waals surface area contributed by atoms with E-state index < -0.39 is 0 Å². The second kappa shape index (κ2) is 17.2. The standard InChI is InChI=1S/C48H80O2/c1-9-10-11-12-13-14-15-16-17-18-19-20-21-22-23-24-44(49)50-42-30-32-47-35-48(47)34-33-45(7)40(38(5)26-25-37(4)36(2)3)29-31-46(45,8)43(48)28-27-41(47)39(42)6/h13-14,16-17,36,38-43H,4,9-12,15,18-35H2,1-3,5-8H3/b14-13-,17-16-/t38-,39+,40-,41+,42+,43+,45-,46+,47-,48+/m1/s1. The average Bonchev–Trinajstić information content (AvgIpc) is 3.67. The maximum absolute atomic E-state index is 13.0. The maximum atomic E-state index is 13.0. The Balaban J connectivity index is 1.02. The van der Waals surface area contributed by atoms with E-state index in [4.69, 9.17) is 4.74 Å². The number of unbranched alkanes of at least 4 members (excludes halogenated alkanes) is 8. The molecule has 284 valence electrons. The highest BCUT2D eigenvalue weighted by molar-refractivity contribution is 5.69. The molecule has 5 fully saturated rings. The predicted molar refractivity (Wildman–Crippen MR) is 214 cm³/mol. The number of carbonyl (C=O) groups excluding carboxylic acids is 1. The summed E-state index contributed by atoms with van der Waals surface area (Å²) in [6.45, 7) is 21.8. The van der Waals surface area contributed by atoms with Crippen LogP contribution in [0.1, 0.15) is 196 Å². The Kier molecular flexibility index (Phi) is 13.7. The quantitative estimate of drug-likeness (QED) is 0.0723. The van der Waals surface area contributed by atoms with Gasteiger partial charge >= 0.3 is 5.97 Å². The summed E-state index contributed by atoms with van der Waals surface area (Å²) >= 11 is 0. The molecule has 0 amide bonds. The smallest absolute Gasteiger partial charge is 0.306 e. The van der Waals surface area contributed by atoms with Gasteiger partial charge < -0.3 is 4.74 Å². The van der Waals surface area contributed by atoms with Gasteiger partial charge in [-0.15, -0.1) is 0 Å². The van der Waals surface area contributed by atoms with E-state index in [2.05, 4.69) is 79.3 Å². The van der Waals surface area contributed by atoms with Gasteiger partial charge in [0.05, 0.1) is 0 Å². The molecule has 0 unspecified atom stereocenters. The molecule has 2 heteroatoms. The van der Waals surface area contributed by atoms with Crippen LogP contribution in [0, 0.1) is 57.2 Å². The van der Waals surface area contributed by atoms with Gasteiger partial charge in [0.15, 0.2) is 0 Å². The summed E-state index contributed by atoms with van der Waals surface area (Å²) in [5, 5.41) is 0. The third-order valence-electron chi connectivity index (χ3n) is 16.7. The van der Waals surface area contributed by atoms with Gasteiger partial charge in [-0.3, -0.25) is 4.79 Å². The lowest BCUT2D eigenvalue weighted by Gasteiger charge is -2.62. The molecular weight excluding hydrogens is 609 g/mol. The predicted octanol–water partition coefficient (Wildman–Crippen LogP) is 14.4. The van der Waals surface area contributed by atoms with Gasteiger partial charge in [0.25, 0.3) is 0 Å². The Morgan fingerprint density at radius 1 is 0.780 bits per heavy atom. The Hall–Kier alpha value is -1.31. The summed E-state index contributed by atoms with van der Waals surface area (Å²) in [5.41, 5.74) is 3.54. The highest BCUT2D eigenvalue weighted by Gasteiger charge is 2.81. The molecule has 0 aromatic carbocycles. The number of rotatable bonds is 20. The minimum Gasteiger partial charge on any atom is -0.462 e. The molecule has 0 aliphatic heterocycles. The van der Waals surface area contributed by atoms with Crippen molar-refractivity contribution < 1.29 is 9.53 Å². The van der Waals surface area contributed by atoms with Gasteiger partial charge in [-0.2, -0.15) is 0 Å². The summed E-state index contributed by atoms with van der Waals surface area (Å²) in [7, 11) is 0. The molecule has 0 saturated heterocycles. The average molecular weight is 689 g/mol. The fourth-order valence-corrected chi connectivity index (χ4v) is 13.3. The van der Waals surface area contributed by atoms with Crippen LogP contribution in [0.4, 0.5) is 0 Å². The summed E-state index contributed by atoms with van der Waals surface area (Å²) in [5.74, 6) is 4.52. The third kappa shape index (κ3) is 7.96. The van der Waals surface area contributed by atoms with Crippen LogP contribution >= 0.6 is 0 Å². The van der Waals surface area contributed by atoms with Crippen LogP contribution < -0.4 is 0 Å². The van der Waals surface area contributed by atoms with Gasteiger partial charge in [-0.25, -0.2) is 0 Å². The third-order valence-corrected chi connectivity index (χ3v) is 16.7. The van der Waals surface area contributed by atoms with Crippen molar-refractivity contribution in [2.75, 3.05) is 0 Å². The van der Waals surface area contributed by atoms with Crippen molar-refractivity contribution >= 4 is 5.97 Å². The zero-order valence-corrected chi connectivity index (χ0v) is 34.1. The van der Waals surface area contributed by atoms with Crippen molar-refractivity contribution in [3.8, 4) is 0 Å². The van der Waals surface area contributed by atoms with Gasteiger partial charge in [0.2, 0.25) is 0 Å². The second-order valence-electron chi connectivity index (χ2n) is 19.4. The fourth-order valence-electron chi connectivity index (χ4n) is 13.3. The monoisotopic (exact) mass is 689 g/mol. The lowest BCUT2D eigenvalue weighted by molar-refractivity contribution is -0.167. The molecule has 5 aliphatic carbocycles. The Morgan fingerprint density at radius 3 is 2.20 bits per heavy atom. The molecule has 0 aromatic rings. The number of hydrogen-bond acceptors (Lipinski definition) is 2. The second-order valence-corrected chi connectivity index (χ2v) is 19.4. The molecule has 5 aliphatic rings. The minimum atomic E-state index is 0.0757. The zero-order chi connectivity index (χ0) is 36.0. The van der Waals surface area contributed by atoms with Crippen LogP contribution in [-0.2, 0) is 9.53 Å². The van der Waals surface area contributed by atoms with Crippen LogP contribution in [0.5, 0.6) is 0 Å². The molecular formula is C48H80O2. The molecule has 2 spiro atoms. The number of carbonyl (C=O) groups is 1. The van der Waals surface area contributed by atoms with Crippen molar-refractivity contribution in [2.24, 2.45) is 57.2 Å². The van der Waals surface area contributed by atoms with Crippen LogP contribution in [-0.4, -0.2) is 12.1 Å².